The molecule has 0 aromatic rings. The Hall–Kier alpha value is -1.19. The Morgan fingerprint density at radius 1 is 1.19 bits per heavy atom. The molecule has 0 saturated heterocycles. The van der Waals surface area contributed by atoms with Crippen molar-refractivity contribution in [3.8, 4) is 0 Å². The van der Waals surface area contributed by atoms with Gasteiger partial charge in [0.15, 0.2) is 5.78 Å². The summed E-state index contributed by atoms with van der Waals surface area (Å²) in [5.74, 6) is 2.32. The van der Waals surface area contributed by atoms with Crippen molar-refractivity contribution in [2.24, 2.45) is 29.1 Å². The zero-order valence-electron chi connectivity index (χ0n) is 20.4. The monoisotopic (exact) mass is 428 g/mol. The Bertz CT molecular complexity index is 753. The van der Waals surface area contributed by atoms with E-state index >= 15 is 0 Å². The maximum absolute atomic E-state index is 12.1. The van der Waals surface area contributed by atoms with Crippen molar-refractivity contribution in [3.63, 3.8) is 0 Å². The first-order valence-electron chi connectivity index (χ1n) is 12.5. The van der Waals surface area contributed by atoms with Crippen molar-refractivity contribution in [2.45, 2.75) is 104 Å². The van der Waals surface area contributed by atoms with Gasteiger partial charge in [0, 0.05) is 12.0 Å². The molecule has 6 atom stereocenters. The van der Waals surface area contributed by atoms with E-state index in [0.29, 0.717) is 35.2 Å². The van der Waals surface area contributed by atoms with Gasteiger partial charge in [0.05, 0.1) is 11.7 Å². The second kappa shape index (κ2) is 9.35. The summed E-state index contributed by atoms with van der Waals surface area (Å²) in [6, 6.07) is 0. The smallest absolute Gasteiger partial charge is 0.165 e. The van der Waals surface area contributed by atoms with Crippen LogP contribution >= 0.6 is 0 Å². The van der Waals surface area contributed by atoms with Crippen molar-refractivity contribution >= 4 is 5.78 Å². The minimum Gasteiger partial charge on any atom is -0.392 e. The first-order chi connectivity index (χ1) is 14.4. The van der Waals surface area contributed by atoms with Crippen molar-refractivity contribution in [1.29, 1.82) is 0 Å². The minimum absolute atomic E-state index is 0.0214. The molecule has 0 aliphatic heterocycles. The molecular formula is C28H44O3. The molecule has 0 radical (unpaired) electrons. The zero-order chi connectivity index (χ0) is 23.0. The second-order valence-electron chi connectivity index (χ2n) is 11.6. The Balaban J connectivity index is 1.72. The molecule has 174 valence electrons. The van der Waals surface area contributed by atoms with Gasteiger partial charge in [-0.05, 0) is 93.5 Å². The molecule has 3 rings (SSSR count). The van der Waals surface area contributed by atoms with Crippen LogP contribution in [0.3, 0.4) is 0 Å². The van der Waals surface area contributed by atoms with Gasteiger partial charge in [0.1, 0.15) is 0 Å². The summed E-state index contributed by atoms with van der Waals surface area (Å²) in [4.78, 5) is 12.1. The van der Waals surface area contributed by atoms with E-state index in [0.717, 1.165) is 24.3 Å². The third kappa shape index (κ3) is 5.25. The van der Waals surface area contributed by atoms with E-state index in [1.54, 1.807) is 0 Å². The maximum Gasteiger partial charge on any atom is 0.165 e. The summed E-state index contributed by atoms with van der Waals surface area (Å²) in [5.41, 5.74) is 2.76. The fourth-order valence-electron chi connectivity index (χ4n) is 6.62. The van der Waals surface area contributed by atoms with Crippen LogP contribution in [0, 0.1) is 29.1 Å². The lowest BCUT2D eigenvalue weighted by Gasteiger charge is -2.44. The maximum atomic E-state index is 12.1. The number of hydrogen-bond acceptors (Lipinski definition) is 3. The highest BCUT2D eigenvalue weighted by Gasteiger charge is 2.50. The van der Waals surface area contributed by atoms with E-state index in [4.69, 9.17) is 0 Å². The van der Waals surface area contributed by atoms with E-state index in [2.05, 4.69) is 39.5 Å². The fourth-order valence-corrected chi connectivity index (χ4v) is 6.62. The minimum atomic E-state index is -0.603. The molecule has 0 heterocycles. The van der Waals surface area contributed by atoms with Crippen LogP contribution in [0.25, 0.3) is 0 Å². The number of Topliss-reactive ketones (excluding diaryl/α,β-unsaturated/α-hetero) is 1. The molecular weight excluding hydrogens is 384 g/mol. The number of aliphatic hydroxyl groups is 2. The number of aliphatic hydroxyl groups excluding tert-OH is 1. The quantitative estimate of drug-likeness (QED) is 0.498. The van der Waals surface area contributed by atoms with Crippen molar-refractivity contribution in [3.05, 3.63) is 35.5 Å². The number of carbonyl (C=O) groups is 1. The van der Waals surface area contributed by atoms with Crippen molar-refractivity contribution in [1.82, 2.24) is 0 Å². The third-order valence-corrected chi connectivity index (χ3v) is 9.09. The van der Waals surface area contributed by atoms with Crippen molar-refractivity contribution in [2.75, 3.05) is 0 Å². The highest BCUT2D eigenvalue weighted by molar-refractivity contribution is 6.00. The standard InChI is InChI=1S/C28H44O3/c1-18(9-10-19(2)27(4,5)31)24-13-14-25-21(8-7-15-28(24,25)6)11-12-22-16-23(29)17-26(30)20(22)3/h11-12,18-19,23-25,29,31H,3,7-10,13-17H2,1-2,4-6H3/b21-11+,22-12-/t18-,19+,23+,24+,25+,28-/m1/s1. The van der Waals surface area contributed by atoms with Gasteiger partial charge in [-0.25, -0.2) is 0 Å². The van der Waals surface area contributed by atoms with Crippen LogP contribution in [-0.4, -0.2) is 27.7 Å². The second-order valence-corrected chi connectivity index (χ2v) is 11.6. The molecule has 0 unspecified atom stereocenters. The summed E-state index contributed by atoms with van der Waals surface area (Å²) in [6.45, 7) is 14.9. The molecule has 0 amide bonds. The molecule has 31 heavy (non-hydrogen) atoms. The number of carbonyl (C=O) groups excluding carboxylic acids is 1. The molecule has 3 heteroatoms. The molecule has 3 nitrogen and oxygen atoms in total. The Kier molecular flexibility index (Phi) is 7.38. The topological polar surface area (TPSA) is 57.5 Å². The van der Waals surface area contributed by atoms with Crippen LogP contribution in [0.1, 0.15) is 92.4 Å². The van der Waals surface area contributed by atoms with E-state index in [1.165, 1.54) is 37.7 Å². The third-order valence-electron chi connectivity index (χ3n) is 9.09. The van der Waals surface area contributed by atoms with Gasteiger partial charge in [-0.1, -0.05) is 51.5 Å². The van der Waals surface area contributed by atoms with Crippen LogP contribution in [-0.2, 0) is 4.79 Å². The molecule has 3 aliphatic carbocycles. The Morgan fingerprint density at radius 2 is 1.90 bits per heavy atom. The number of rotatable bonds is 6. The molecule has 3 aliphatic rings. The van der Waals surface area contributed by atoms with Crippen LogP contribution in [0.5, 0.6) is 0 Å². The SMILES string of the molecule is C=C1C(=O)C[C@@H](O)C/C1=C/C=C1\CCC[C@@]2(C)[C@H]1CC[C@H]2[C@H](C)CC[C@H](C)C(C)(C)O. The van der Waals surface area contributed by atoms with Crippen LogP contribution in [0.2, 0.25) is 0 Å². The fraction of sp³-hybridized carbons (Fsp3) is 0.750. The lowest BCUT2D eigenvalue weighted by Crippen LogP contribution is -2.36. The van der Waals surface area contributed by atoms with E-state index < -0.39 is 11.7 Å². The van der Waals surface area contributed by atoms with Gasteiger partial charge in [-0.3, -0.25) is 4.79 Å². The van der Waals surface area contributed by atoms with Gasteiger partial charge in [-0.2, -0.15) is 0 Å². The van der Waals surface area contributed by atoms with Crippen LogP contribution in [0.4, 0.5) is 0 Å². The van der Waals surface area contributed by atoms with E-state index in [1.807, 2.05) is 13.8 Å². The summed E-state index contributed by atoms with van der Waals surface area (Å²) in [7, 11) is 0. The molecule has 3 fully saturated rings. The number of allylic oxidation sites excluding steroid dienone is 4. The summed E-state index contributed by atoms with van der Waals surface area (Å²) in [5, 5.41) is 20.3. The lowest BCUT2D eigenvalue weighted by molar-refractivity contribution is -0.117. The molecule has 2 N–H and O–H groups in total. The van der Waals surface area contributed by atoms with Crippen LogP contribution < -0.4 is 0 Å². The van der Waals surface area contributed by atoms with Gasteiger partial charge in [0.2, 0.25) is 0 Å². The summed E-state index contributed by atoms with van der Waals surface area (Å²) < 4.78 is 0. The van der Waals surface area contributed by atoms with Gasteiger partial charge < -0.3 is 10.2 Å². The first kappa shape index (κ1) is 24.5. The van der Waals surface area contributed by atoms with E-state index in [9.17, 15) is 15.0 Å². The van der Waals surface area contributed by atoms with Gasteiger partial charge >= 0.3 is 0 Å². The Morgan fingerprint density at radius 3 is 2.58 bits per heavy atom. The first-order valence-corrected chi connectivity index (χ1v) is 12.5. The molecule has 0 aromatic heterocycles. The molecule has 0 bridgehead atoms. The molecule has 0 spiro atoms. The summed E-state index contributed by atoms with van der Waals surface area (Å²) >= 11 is 0. The zero-order valence-corrected chi connectivity index (χ0v) is 20.4. The number of ketones is 1. The highest BCUT2D eigenvalue weighted by Crippen LogP contribution is 2.60. The average molecular weight is 429 g/mol. The number of hydrogen-bond donors (Lipinski definition) is 2. The predicted molar refractivity (Wildman–Crippen MR) is 128 cm³/mol. The number of fused-ring (bicyclic) bond motifs is 1. The molecule has 0 aromatic carbocycles. The van der Waals surface area contributed by atoms with Gasteiger partial charge in [0.25, 0.3) is 0 Å². The van der Waals surface area contributed by atoms with E-state index in [-0.39, 0.29) is 12.2 Å². The lowest BCUT2D eigenvalue weighted by atomic mass is 9.60. The summed E-state index contributed by atoms with van der Waals surface area (Å²) in [6.07, 6.45) is 13.0. The Labute approximate surface area is 189 Å². The van der Waals surface area contributed by atoms with Crippen molar-refractivity contribution < 1.29 is 15.0 Å². The highest BCUT2D eigenvalue weighted by atomic mass is 16.3. The average Bonchev–Trinajstić information content (AvgIpc) is 3.04. The van der Waals surface area contributed by atoms with Gasteiger partial charge in [-0.15, -0.1) is 0 Å². The van der Waals surface area contributed by atoms with Crippen LogP contribution in [0.15, 0.2) is 35.5 Å². The molecule has 3 saturated carbocycles. The largest absolute Gasteiger partial charge is 0.392 e. The predicted octanol–water partition coefficient (Wildman–Crippen LogP) is 6.16. The normalized spacial score (nSPS) is 36.7.